The highest BCUT2D eigenvalue weighted by Gasteiger charge is 2.45. The maximum Gasteiger partial charge on any atom is 0.238 e. The van der Waals surface area contributed by atoms with Crippen molar-refractivity contribution >= 4 is 36.3 Å². The van der Waals surface area contributed by atoms with Gasteiger partial charge in [0.15, 0.2) is 0 Å². The zero-order valence-electron chi connectivity index (χ0n) is 19.9. The molecule has 2 aliphatic heterocycles. The molecule has 1 aliphatic carbocycles. The molecule has 0 aromatic heterocycles. The minimum Gasteiger partial charge on any atom is -0.368 e. The Balaban J connectivity index is 0.00000162. The van der Waals surface area contributed by atoms with E-state index in [1.54, 1.807) is 0 Å². The van der Waals surface area contributed by atoms with Crippen LogP contribution in [0.15, 0.2) is 54.6 Å². The van der Waals surface area contributed by atoms with Gasteiger partial charge in [0.1, 0.15) is 5.54 Å². The first-order valence-corrected chi connectivity index (χ1v) is 12.3. The predicted octanol–water partition coefficient (Wildman–Crippen LogP) is 4.87. The molecule has 0 bridgehead atoms. The second-order valence-electron chi connectivity index (χ2n) is 9.65. The van der Waals surface area contributed by atoms with Gasteiger partial charge in [0, 0.05) is 19.6 Å². The number of fused-ring (bicyclic) bond motifs is 2. The van der Waals surface area contributed by atoms with Crippen LogP contribution in [0.1, 0.15) is 54.4 Å². The quantitative estimate of drug-likeness (QED) is 0.635. The molecule has 0 unspecified atom stereocenters. The number of halogens is 2. The minimum atomic E-state index is -0.412. The highest BCUT2D eigenvalue weighted by atomic mass is 35.5. The summed E-state index contributed by atoms with van der Waals surface area (Å²) in [6.07, 6.45) is 9.77. The van der Waals surface area contributed by atoms with Crippen LogP contribution < -0.4 is 5.73 Å². The van der Waals surface area contributed by atoms with E-state index in [0.717, 1.165) is 64.8 Å². The molecular formula is C28H37Cl2N3O. The van der Waals surface area contributed by atoms with Crippen LogP contribution in [-0.2, 0) is 17.6 Å². The Bertz CT molecular complexity index is 959. The van der Waals surface area contributed by atoms with Gasteiger partial charge in [-0.2, -0.15) is 0 Å². The molecule has 1 amide bonds. The molecule has 2 heterocycles. The lowest BCUT2D eigenvalue weighted by Gasteiger charge is -2.45. The summed E-state index contributed by atoms with van der Waals surface area (Å²) in [5.74, 6) is -0.118. The lowest BCUT2D eigenvalue weighted by atomic mass is 9.85. The maximum atomic E-state index is 12.4. The fraction of sp³-hybridized carbons (Fsp3) is 0.464. The van der Waals surface area contributed by atoms with Crippen LogP contribution in [0.2, 0.25) is 0 Å². The number of benzene rings is 2. The van der Waals surface area contributed by atoms with Gasteiger partial charge < -0.3 is 10.6 Å². The van der Waals surface area contributed by atoms with Crippen molar-refractivity contribution in [2.24, 2.45) is 5.73 Å². The van der Waals surface area contributed by atoms with Crippen LogP contribution in [0, 0.1) is 0 Å². The molecular weight excluding hydrogens is 465 g/mol. The van der Waals surface area contributed by atoms with E-state index in [1.807, 2.05) is 0 Å². The molecule has 2 N–H and O–H groups in total. The Kier molecular flexibility index (Phi) is 9.22. The summed E-state index contributed by atoms with van der Waals surface area (Å²) < 4.78 is 0. The Morgan fingerprint density at radius 3 is 1.91 bits per heavy atom. The van der Waals surface area contributed by atoms with Crippen molar-refractivity contribution in [2.75, 3.05) is 32.7 Å². The van der Waals surface area contributed by atoms with E-state index in [-0.39, 0.29) is 30.7 Å². The lowest BCUT2D eigenvalue weighted by molar-refractivity contribution is -0.133. The predicted molar refractivity (Wildman–Crippen MR) is 145 cm³/mol. The molecule has 2 aromatic rings. The smallest absolute Gasteiger partial charge is 0.238 e. The zero-order chi connectivity index (χ0) is 22.0. The number of aryl methyl sites for hydroxylation is 2. The number of hydrogen-bond acceptors (Lipinski definition) is 3. The van der Waals surface area contributed by atoms with Gasteiger partial charge in [0.05, 0.1) is 0 Å². The number of nitrogens with two attached hydrogens (primary N) is 1. The average molecular weight is 503 g/mol. The van der Waals surface area contributed by atoms with Crippen LogP contribution in [0.25, 0.3) is 5.57 Å². The lowest BCUT2D eigenvalue weighted by Crippen LogP contribution is -2.61. The first kappa shape index (κ1) is 26.7. The van der Waals surface area contributed by atoms with Crippen molar-refractivity contribution in [3.63, 3.8) is 0 Å². The Morgan fingerprint density at radius 1 is 0.853 bits per heavy atom. The highest BCUT2D eigenvalue weighted by molar-refractivity contribution is 5.86. The van der Waals surface area contributed by atoms with Crippen LogP contribution in [0.3, 0.4) is 0 Å². The second-order valence-corrected chi connectivity index (χ2v) is 9.65. The van der Waals surface area contributed by atoms with Crippen molar-refractivity contribution in [3.05, 3.63) is 76.9 Å². The molecule has 0 saturated carbocycles. The Labute approximate surface area is 216 Å². The summed E-state index contributed by atoms with van der Waals surface area (Å²) in [5, 5.41) is 0. The van der Waals surface area contributed by atoms with Gasteiger partial charge in [-0.3, -0.25) is 9.69 Å². The summed E-state index contributed by atoms with van der Waals surface area (Å²) >= 11 is 0. The second kappa shape index (κ2) is 11.7. The molecule has 6 heteroatoms. The summed E-state index contributed by atoms with van der Waals surface area (Å²) in [6.45, 7) is 4.98. The number of likely N-dealkylation sites (tertiary alicyclic amines) is 2. The van der Waals surface area contributed by atoms with Crippen LogP contribution in [0.4, 0.5) is 0 Å². The summed E-state index contributed by atoms with van der Waals surface area (Å²) in [7, 11) is 0. The minimum absolute atomic E-state index is 0. The average Bonchev–Trinajstić information content (AvgIpc) is 3.32. The van der Waals surface area contributed by atoms with Gasteiger partial charge in [0.2, 0.25) is 5.91 Å². The molecule has 2 saturated heterocycles. The van der Waals surface area contributed by atoms with E-state index >= 15 is 0 Å². The summed E-state index contributed by atoms with van der Waals surface area (Å²) in [6, 6.07) is 17.8. The zero-order valence-corrected chi connectivity index (χ0v) is 21.5. The van der Waals surface area contributed by atoms with Gasteiger partial charge in [-0.25, -0.2) is 0 Å². The summed E-state index contributed by atoms with van der Waals surface area (Å²) in [5.41, 5.74) is 12.6. The van der Waals surface area contributed by atoms with Crippen LogP contribution >= 0.6 is 24.8 Å². The summed E-state index contributed by atoms with van der Waals surface area (Å²) in [4.78, 5) is 17.3. The van der Waals surface area contributed by atoms with Crippen molar-refractivity contribution in [3.8, 4) is 0 Å². The highest BCUT2D eigenvalue weighted by Crippen LogP contribution is 2.35. The topological polar surface area (TPSA) is 49.6 Å². The van der Waals surface area contributed by atoms with Crippen molar-refractivity contribution in [1.82, 2.24) is 9.80 Å². The van der Waals surface area contributed by atoms with E-state index in [0.29, 0.717) is 0 Å². The monoisotopic (exact) mass is 501 g/mol. The molecule has 0 atom stereocenters. The van der Waals surface area contributed by atoms with Crippen molar-refractivity contribution in [2.45, 2.75) is 50.5 Å². The molecule has 2 fully saturated rings. The van der Waals surface area contributed by atoms with E-state index in [9.17, 15) is 4.79 Å². The third-order valence-electron chi connectivity index (χ3n) is 7.93. The molecule has 184 valence electrons. The van der Waals surface area contributed by atoms with Gasteiger partial charge >= 0.3 is 0 Å². The van der Waals surface area contributed by atoms with E-state index in [4.69, 9.17) is 5.73 Å². The van der Waals surface area contributed by atoms with Gasteiger partial charge in [-0.05, 0) is 85.9 Å². The molecule has 0 spiro atoms. The van der Waals surface area contributed by atoms with Gasteiger partial charge in [-0.15, -0.1) is 24.8 Å². The SMILES string of the molecule is Cl.Cl.NC(=O)C1(N2CCCC2)CCN(CCC=C2c3ccccc3CCc3ccccc32)CC1. The number of primary amides is 1. The molecule has 0 radical (unpaired) electrons. The van der Waals surface area contributed by atoms with Gasteiger partial charge in [0.25, 0.3) is 0 Å². The first-order valence-electron chi connectivity index (χ1n) is 12.3. The fourth-order valence-electron chi connectivity index (χ4n) is 6.04. The maximum absolute atomic E-state index is 12.4. The number of piperidine rings is 1. The molecule has 5 rings (SSSR count). The number of amides is 1. The third-order valence-corrected chi connectivity index (χ3v) is 7.93. The number of rotatable bonds is 5. The molecule has 4 nitrogen and oxygen atoms in total. The number of nitrogens with zero attached hydrogens (tertiary/aromatic N) is 2. The molecule has 3 aliphatic rings. The number of carbonyl (C=O) groups is 1. The van der Waals surface area contributed by atoms with Crippen molar-refractivity contribution < 1.29 is 4.79 Å². The molecule has 2 aromatic carbocycles. The Hall–Kier alpha value is -1.85. The number of hydrogen-bond donors (Lipinski definition) is 1. The third kappa shape index (κ3) is 5.21. The van der Waals surface area contributed by atoms with E-state index in [1.165, 1.54) is 40.7 Å². The first-order chi connectivity index (χ1) is 15.7. The largest absolute Gasteiger partial charge is 0.368 e. The fourth-order valence-corrected chi connectivity index (χ4v) is 6.04. The van der Waals surface area contributed by atoms with E-state index < -0.39 is 5.54 Å². The normalized spacial score (nSPS) is 19.7. The van der Waals surface area contributed by atoms with Crippen LogP contribution in [-0.4, -0.2) is 54.0 Å². The Morgan fingerprint density at radius 2 is 1.38 bits per heavy atom. The van der Waals surface area contributed by atoms with Crippen molar-refractivity contribution in [1.29, 1.82) is 0 Å². The number of carbonyl (C=O) groups excluding carboxylic acids is 1. The van der Waals surface area contributed by atoms with Crippen LogP contribution in [0.5, 0.6) is 0 Å². The van der Waals surface area contributed by atoms with E-state index in [2.05, 4.69) is 64.4 Å². The standard InChI is InChI=1S/C28H35N3O.2ClH/c29-27(32)28(31-18-5-6-19-31)15-20-30(21-16-28)17-7-12-26-24-10-3-1-8-22(24)13-14-23-9-2-4-11-25(23)26;;/h1-4,8-12H,5-7,13-21H2,(H2,29,32);2*1H. The molecule has 34 heavy (non-hydrogen) atoms. The van der Waals surface area contributed by atoms with Gasteiger partial charge in [-0.1, -0.05) is 54.6 Å².